The van der Waals surface area contributed by atoms with E-state index in [4.69, 9.17) is 11.6 Å². The quantitative estimate of drug-likeness (QED) is 0.795. The Morgan fingerprint density at radius 1 is 1.24 bits per heavy atom. The third-order valence-corrected chi connectivity index (χ3v) is 5.38. The van der Waals surface area contributed by atoms with Crippen LogP contribution < -0.4 is 10.0 Å². The van der Waals surface area contributed by atoms with Crippen molar-refractivity contribution in [1.82, 2.24) is 4.72 Å². The fraction of sp³-hybridized carbons (Fsp3) is 0.235. The molecular weight excluding hydrogens is 367 g/mol. The van der Waals surface area contributed by atoms with Gasteiger partial charge in [-0.15, -0.1) is 0 Å². The molecule has 134 valence electrons. The number of carbonyl (C=O) groups excluding carboxylic acids is 1. The number of sulfonamides is 1. The molecule has 2 rings (SSSR count). The summed E-state index contributed by atoms with van der Waals surface area (Å²) in [5.74, 6) is -1.39. The number of benzene rings is 2. The van der Waals surface area contributed by atoms with Crippen molar-refractivity contribution in [2.75, 3.05) is 5.32 Å². The average Bonchev–Trinajstić information content (AvgIpc) is 2.56. The van der Waals surface area contributed by atoms with Gasteiger partial charge in [0.25, 0.3) is 5.91 Å². The molecule has 0 aliphatic carbocycles. The van der Waals surface area contributed by atoms with Crippen molar-refractivity contribution in [3.8, 4) is 0 Å². The molecule has 25 heavy (non-hydrogen) atoms. The summed E-state index contributed by atoms with van der Waals surface area (Å²) in [6.07, 6.45) is 0.607. The maximum atomic E-state index is 14.2. The summed E-state index contributed by atoms with van der Waals surface area (Å²) >= 11 is 5.82. The van der Waals surface area contributed by atoms with Crippen molar-refractivity contribution in [3.05, 3.63) is 58.9 Å². The van der Waals surface area contributed by atoms with Gasteiger partial charge < -0.3 is 5.32 Å². The number of rotatable bonds is 6. The van der Waals surface area contributed by atoms with E-state index in [1.165, 1.54) is 24.3 Å². The molecule has 2 N–H and O–H groups in total. The zero-order valence-electron chi connectivity index (χ0n) is 13.7. The minimum atomic E-state index is -3.82. The first-order valence-electron chi connectivity index (χ1n) is 7.61. The van der Waals surface area contributed by atoms with Gasteiger partial charge in [0, 0.05) is 16.6 Å². The average molecular weight is 385 g/mol. The molecule has 8 heteroatoms. The molecular formula is C17H18ClFN2O3S. The van der Waals surface area contributed by atoms with Crippen LogP contribution >= 0.6 is 11.6 Å². The van der Waals surface area contributed by atoms with Gasteiger partial charge in [-0.3, -0.25) is 4.79 Å². The molecule has 0 unspecified atom stereocenters. The van der Waals surface area contributed by atoms with E-state index in [1.807, 2.05) is 6.92 Å². The lowest BCUT2D eigenvalue weighted by Gasteiger charge is -2.13. The van der Waals surface area contributed by atoms with Crippen molar-refractivity contribution in [3.63, 3.8) is 0 Å². The van der Waals surface area contributed by atoms with Gasteiger partial charge in [0.15, 0.2) is 0 Å². The molecule has 0 radical (unpaired) electrons. The topological polar surface area (TPSA) is 75.3 Å². The van der Waals surface area contributed by atoms with Gasteiger partial charge in [0.05, 0.1) is 10.6 Å². The third-order valence-electron chi connectivity index (χ3n) is 3.55. The summed E-state index contributed by atoms with van der Waals surface area (Å²) in [4.78, 5) is 11.9. The molecule has 5 nitrogen and oxygen atoms in total. The molecule has 0 aliphatic rings. The summed E-state index contributed by atoms with van der Waals surface area (Å²) in [6.45, 7) is 3.55. The molecule has 0 bridgehead atoms. The number of halogens is 2. The largest absolute Gasteiger partial charge is 0.319 e. The Kier molecular flexibility index (Phi) is 6.16. The van der Waals surface area contributed by atoms with E-state index in [1.54, 1.807) is 19.1 Å². The Morgan fingerprint density at radius 2 is 1.96 bits per heavy atom. The number of hydrogen-bond donors (Lipinski definition) is 2. The Bertz CT molecular complexity index is 887. The Labute approximate surface area is 151 Å². The minimum absolute atomic E-state index is 0.118. The van der Waals surface area contributed by atoms with Crippen LogP contribution in [-0.4, -0.2) is 20.4 Å². The molecule has 0 heterocycles. The Balaban J connectivity index is 2.21. The first-order chi connectivity index (χ1) is 11.7. The second-order valence-electron chi connectivity index (χ2n) is 5.54. The van der Waals surface area contributed by atoms with Gasteiger partial charge in [0.2, 0.25) is 10.0 Å². The molecule has 0 saturated heterocycles. The Hall–Kier alpha value is -1.96. The van der Waals surface area contributed by atoms with Crippen molar-refractivity contribution >= 4 is 33.2 Å². The van der Waals surface area contributed by atoms with Crippen LogP contribution in [0.3, 0.4) is 0 Å². The van der Waals surface area contributed by atoms with Crippen LogP contribution in [-0.2, 0) is 10.0 Å². The van der Waals surface area contributed by atoms with Gasteiger partial charge >= 0.3 is 0 Å². The summed E-state index contributed by atoms with van der Waals surface area (Å²) < 4.78 is 41.0. The predicted molar refractivity (Wildman–Crippen MR) is 95.9 cm³/mol. The number of hydrogen-bond acceptors (Lipinski definition) is 3. The van der Waals surface area contributed by atoms with E-state index in [-0.39, 0.29) is 22.2 Å². The van der Waals surface area contributed by atoms with Crippen LogP contribution in [0.4, 0.5) is 10.1 Å². The molecule has 2 aromatic carbocycles. The van der Waals surface area contributed by atoms with Crippen molar-refractivity contribution in [1.29, 1.82) is 0 Å². The van der Waals surface area contributed by atoms with E-state index < -0.39 is 21.7 Å². The van der Waals surface area contributed by atoms with Gasteiger partial charge in [-0.1, -0.05) is 24.6 Å². The third kappa shape index (κ3) is 5.01. The zero-order valence-corrected chi connectivity index (χ0v) is 15.3. The van der Waals surface area contributed by atoms with E-state index in [9.17, 15) is 17.6 Å². The van der Waals surface area contributed by atoms with Crippen molar-refractivity contribution in [2.24, 2.45) is 0 Å². The summed E-state index contributed by atoms with van der Waals surface area (Å²) in [7, 11) is -3.82. The van der Waals surface area contributed by atoms with Gasteiger partial charge in [-0.05, 0) is 49.7 Å². The fourth-order valence-electron chi connectivity index (χ4n) is 2.00. The zero-order chi connectivity index (χ0) is 18.6. The molecule has 0 saturated carbocycles. The number of amides is 1. The molecule has 0 aromatic heterocycles. The fourth-order valence-corrected chi connectivity index (χ4v) is 3.53. The lowest BCUT2D eigenvalue weighted by Crippen LogP contribution is -2.32. The van der Waals surface area contributed by atoms with E-state index in [0.717, 1.165) is 6.07 Å². The molecule has 0 fully saturated rings. The van der Waals surface area contributed by atoms with Crippen molar-refractivity contribution in [2.45, 2.75) is 31.2 Å². The van der Waals surface area contributed by atoms with E-state index >= 15 is 0 Å². The predicted octanol–water partition coefficient (Wildman–Crippen LogP) is 3.81. The SMILES string of the molecule is CC[C@@H](C)NS(=O)(=O)c1ccc(NC(=O)c2cccc(Cl)c2)c(F)c1. The van der Waals surface area contributed by atoms with Crippen molar-refractivity contribution < 1.29 is 17.6 Å². The van der Waals surface area contributed by atoms with E-state index in [2.05, 4.69) is 10.0 Å². The van der Waals surface area contributed by atoms with E-state index in [0.29, 0.717) is 11.4 Å². The molecule has 0 aliphatic heterocycles. The number of carbonyl (C=O) groups is 1. The van der Waals surface area contributed by atoms with Crippen LogP contribution in [0.2, 0.25) is 5.02 Å². The second-order valence-corrected chi connectivity index (χ2v) is 7.69. The molecule has 2 aromatic rings. The van der Waals surface area contributed by atoms with Gasteiger partial charge in [-0.25, -0.2) is 17.5 Å². The summed E-state index contributed by atoms with van der Waals surface area (Å²) in [6, 6.07) is 9.25. The molecule has 0 spiro atoms. The smallest absolute Gasteiger partial charge is 0.255 e. The maximum Gasteiger partial charge on any atom is 0.255 e. The monoisotopic (exact) mass is 384 g/mol. The molecule has 1 amide bonds. The lowest BCUT2D eigenvalue weighted by atomic mass is 10.2. The first-order valence-corrected chi connectivity index (χ1v) is 9.48. The highest BCUT2D eigenvalue weighted by atomic mass is 35.5. The number of anilines is 1. The second kappa shape index (κ2) is 7.95. The minimum Gasteiger partial charge on any atom is -0.319 e. The standard InChI is InChI=1S/C17H18ClFN2O3S/c1-3-11(2)21-25(23,24)14-7-8-16(15(19)10-14)20-17(22)12-5-4-6-13(18)9-12/h4-11,21H,3H2,1-2H3,(H,20,22)/t11-/m1/s1. The van der Waals surface area contributed by atoms with Crippen LogP contribution in [0.25, 0.3) is 0 Å². The van der Waals surface area contributed by atoms with Crippen LogP contribution in [0, 0.1) is 5.82 Å². The first kappa shape index (κ1) is 19.4. The highest BCUT2D eigenvalue weighted by Gasteiger charge is 2.19. The summed E-state index contributed by atoms with van der Waals surface area (Å²) in [5, 5.41) is 2.78. The maximum absolute atomic E-state index is 14.2. The van der Waals surface area contributed by atoms with Gasteiger partial charge in [-0.2, -0.15) is 0 Å². The van der Waals surface area contributed by atoms with Crippen LogP contribution in [0.5, 0.6) is 0 Å². The highest BCUT2D eigenvalue weighted by Crippen LogP contribution is 2.21. The van der Waals surface area contributed by atoms with Crippen LogP contribution in [0.1, 0.15) is 30.6 Å². The van der Waals surface area contributed by atoms with Gasteiger partial charge in [0.1, 0.15) is 5.82 Å². The number of nitrogens with one attached hydrogen (secondary N) is 2. The van der Waals surface area contributed by atoms with Crippen LogP contribution in [0.15, 0.2) is 47.4 Å². The highest BCUT2D eigenvalue weighted by molar-refractivity contribution is 7.89. The normalized spacial score (nSPS) is 12.6. The Morgan fingerprint density at radius 3 is 2.56 bits per heavy atom. The lowest BCUT2D eigenvalue weighted by molar-refractivity contribution is 0.102. The summed E-state index contributed by atoms with van der Waals surface area (Å²) in [5.41, 5.74) is 0.148. The molecule has 1 atom stereocenters.